The largest absolute Gasteiger partial charge is 0.504 e. The monoisotopic (exact) mass is 473 g/mol. The van der Waals surface area contributed by atoms with Gasteiger partial charge in [-0.2, -0.15) is 0 Å². The molecule has 0 bridgehead atoms. The highest BCUT2D eigenvalue weighted by Gasteiger charge is 2.16. The lowest BCUT2D eigenvalue weighted by atomic mass is 10.1. The van der Waals surface area contributed by atoms with Gasteiger partial charge >= 0.3 is 0 Å². The van der Waals surface area contributed by atoms with Crippen molar-refractivity contribution in [3.05, 3.63) is 83.9 Å². The minimum atomic E-state index is -0.270. The first kappa shape index (κ1) is 24.2. The third-order valence-electron chi connectivity index (χ3n) is 5.98. The van der Waals surface area contributed by atoms with Gasteiger partial charge in [-0.25, -0.2) is 0 Å². The van der Waals surface area contributed by atoms with E-state index >= 15 is 0 Å². The molecule has 0 aliphatic carbocycles. The number of amides is 1. The van der Waals surface area contributed by atoms with Crippen LogP contribution in [-0.2, 0) is 11.4 Å². The SMILES string of the molecule is COc1ccc(/C=C/C(=O)Nc2ccc(N3CCN(C)CC3)cc2COc2ccccc2)cc1O. The summed E-state index contributed by atoms with van der Waals surface area (Å²) in [5.74, 6) is 0.910. The van der Waals surface area contributed by atoms with Gasteiger partial charge in [0, 0.05) is 49.2 Å². The molecule has 0 spiro atoms. The highest BCUT2D eigenvalue weighted by atomic mass is 16.5. The quantitative estimate of drug-likeness (QED) is 0.473. The number of aromatic hydroxyl groups is 1. The van der Waals surface area contributed by atoms with Crippen LogP contribution in [0.1, 0.15) is 11.1 Å². The highest BCUT2D eigenvalue weighted by Crippen LogP contribution is 2.28. The fourth-order valence-electron chi connectivity index (χ4n) is 3.92. The molecule has 1 aliphatic heterocycles. The molecule has 1 amide bonds. The summed E-state index contributed by atoms with van der Waals surface area (Å²) < 4.78 is 11.1. The summed E-state index contributed by atoms with van der Waals surface area (Å²) in [6, 6.07) is 20.7. The van der Waals surface area contributed by atoms with Crippen LogP contribution in [0.25, 0.3) is 6.08 Å². The number of carbonyl (C=O) groups excluding carboxylic acids is 1. The van der Waals surface area contributed by atoms with Crippen LogP contribution in [0.3, 0.4) is 0 Å². The Balaban J connectivity index is 1.50. The summed E-state index contributed by atoms with van der Waals surface area (Å²) in [5.41, 5.74) is 3.41. The molecule has 1 saturated heterocycles. The van der Waals surface area contributed by atoms with Crippen LogP contribution in [0.15, 0.2) is 72.8 Å². The molecule has 0 saturated carbocycles. The number of hydrogen-bond acceptors (Lipinski definition) is 6. The van der Waals surface area contributed by atoms with Gasteiger partial charge in [-0.3, -0.25) is 4.79 Å². The van der Waals surface area contributed by atoms with E-state index in [0.717, 1.165) is 43.2 Å². The van der Waals surface area contributed by atoms with E-state index in [1.807, 2.05) is 42.5 Å². The lowest BCUT2D eigenvalue weighted by molar-refractivity contribution is -0.111. The molecule has 7 heteroatoms. The number of likely N-dealkylation sites (N-methyl/N-ethyl adjacent to an activating group) is 1. The molecule has 3 aromatic rings. The maximum Gasteiger partial charge on any atom is 0.248 e. The van der Waals surface area contributed by atoms with Gasteiger partial charge in [0.15, 0.2) is 11.5 Å². The predicted molar refractivity (Wildman–Crippen MR) is 139 cm³/mol. The smallest absolute Gasteiger partial charge is 0.248 e. The second kappa shape index (κ2) is 11.4. The van der Waals surface area contributed by atoms with E-state index in [2.05, 4.69) is 28.2 Å². The van der Waals surface area contributed by atoms with Gasteiger partial charge in [0.25, 0.3) is 0 Å². The van der Waals surface area contributed by atoms with E-state index < -0.39 is 0 Å². The molecule has 0 aromatic heterocycles. The number of piperazine rings is 1. The molecule has 3 aromatic carbocycles. The Morgan fingerprint density at radius 2 is 1.80 bits per heavy atom. The fraction of sp³-hybridized carbons (Fsp3) is 0.250. The van der Waals surface area contributed by atoms with E-state index in [1.54, 1.807) is 24.3 Å². The molecule has 1 fully saturated rings. The van der Waals surface area contributed by atoms with Crippen molar-refractivity contribution in [2.24, 2.45) is 0 Å². The van der Waals surface area contributed by atoms with Crippen LogP contribution >= 0.6 is 0 Å². The standard InChI is InChI=1S/C28H31N3O4/c1-30-14-16-31(17-15-30)23-10-11-25(22(19-23)20-35-24-6-4-3-5-7-24)29-28(33)13-9-21-8-12-27(34-2)26(32)18-21/h3-13,18-19,32H,14-17,20H2,1-2H3,(H,29,33)/b13-9+. The van der Waals surface area contributed by atoms with Gasteiger partial charge in [-0.1, -0.05) is 24.3 Å². The molecule has 35 heavy (non-hydrogen) atoms. The Bertz CT molecular complexity index is 1170. The number of para-hydroxylation sites is 1. The Hall–Kier alpha value is -3.97. The van der Waals surface area contributed by atoms with E-state index in [9.17, 15) is 9.90 Å². The Morgan fingerprint density at radius 1 is 1.03 bits per heavy atom. The molecule has 1 aliphatic rings. The molecule has 182 valence electrons. The van der Waals surface area contributed by atoms with Crippen LogP contribution in [0, 0.1) is 0 Å². The zero-order chi connectivity index (χ0) is 24.6. The molecular weight excluding hydrogens is 442 g/mol. The maximum absolute atomic E-state index is 12.7. The topological polar surface area (TPSA) is 74.3 Å². The lowest BCUT2D eigenvalue weighted by Crippen LogP contribution is -2.44. The van der Waals surface area contributed by atoms with Crippen molar-refractivity contribution in [3.8, 4) is 17.2 Å². The number of methoxy groups -OCH3 is 1. The summed E-state index contributed by atoms with van der Waals surface area (Å²) in [5, 5.41) is 12.9. The number of nitrogens with one attached hydrogen (secondary N) is 1. The van der Waals surface area contributed by atoms with Crippen LogP contribution in [0.2, 0.25) is 0 Å². The normalized spacial score (nSPS) is 14.2. The van der Waals surface area contributed by atoms with Crippen molar-refractivity contribution < 1.29 is 19.4 Å². The summed E-state index contributed by atoms with van der Waals surface area (Å²) in [6.45, 7) is 4.27. The number of ether oxygens (including phenoxy) is 2. The van der Waals surface area contributed by atoms with Crippen molar-refractivity contribution in [2.45, 2.75) is 6.61 Å². The number of carbonyl (C=O) groups is 1. The number of rotatable bonds is 8. The summed E-state index contributed by atoms with van der Waals surface area (Å²) >= 11 is 0. The van der Waals surface area contributed by atoms with Gasteiger partial charge in [-0.15, -0.1) is 0 Å². The molecule has 4 rings (SSSR count). The van der Waals surface area contributed by atoms with Gasteiger partial charge in [0.1, 0.15) is 12.4 Å². The second-order valence-electron chi connectivity index (χ2n) is 8.49. The van der Waals surface area contributed by atoms with Gasteiger partial charge in [-0.05, 0) is 61.2 Å². The van der Waals surface area contributed by atoms with Crippen molar-refractivity contribution in [2.75, 3.05) is 50.6 Å². The van der Waals surface area contributed by atoms with E-state index in [0.29, 0.717) is 23.6 Å². The van der Waals surface area contributed by atoms with Crippen LogP contribution in [-0.4, -0.2) is 56.3 Å². The first-order valence-corrected chi connectivity index (χ1v) is 11.6. The Kier molecular flexibility index (Phi) is 7.90. The van der Waals surface area contributed by atoms with Gasteiger partial charge < -0.3 is 29.7 Å². The second-order valence-corrected chi connectivity index (χ2v) is 8.49. The number of nitrogens with zero attached hydrogens (tertiary/aromatic N) is 2. The van der Waals surface area contributed by atoms with Crippen LogP contribution < -0.4 is 19.7 Å². The number of phenols is 1. The molecule has 0 unspecified atom stereocenters. The number of anilines is 2. The summed E-state index contributed by atoms with van der Waals surface area (Å²) in [7, 11) is 3.63. The van der Waals surface area contributed by atoms with Crippen LogP contribution in [0.5, 0.6) is 17.2 Å². The minimum absolute atomic E-state index is 0.0231. The van der Waals surface area contributed by atoms with E-state index in [4.69, 9.17) is 9.47 Å². The van der Waals surface area contributed by atoms with Crippen LogP contribution in [0.4, 0.5) is 11.4 Å². The fourth-order valence-corrected chi connectivity index (χ4v) is 3.92. The minimum Gasteiger partial charge on any atom is -0.504 e. The molecule has 1 heterocycles. The van der Waals surface area contributed by atoms with E-state index in [-0.39, 0.29) is 11.7 Å². The Labute approximate surface area is 206 Å². The number of hydrogen-bond donors (Lipinski definition) is 2. The molecular formula is C28H31N3O4. The lowest BCUT2D eigenvalue weighted by Gasteiger charge is -2.34. The average molecular weight is 474 g/mol. The summed E-state index contributed by atoms with van der Waals surface area (Å²) in [6.07, 6.45) is 3.09. The molecule has 7 nitrogen and oxygen atoms in total. The zero-order valence-corrected chi connectivity index (χ0v) is 20.1. The Morgan fingerprint density at radius 3 is 2.51 bits per heavy atom. The summed E-state index contributed by atoms with van der Waals surface area (Å²) in [4.78, 5) is 17.4. The molecule has 0 radical (unpaired) electrons. The number of phenolic OH excluding ortho intramolecular Hbond substituents is 1. The maximum atomic E-state index is 12.7. The molecule has 2 N–H and O–H groups in total. The third kappa shape index (κ3) is 6.55. The van der Waals surface area contributed by atoms with Crippen molar-refractivity contribution in [1.29, 1.82) is 0 Å². The first-order chi connectivity index (χ1) is 17.0. The van der Waals surface area contributed by atoms with Crippen molar-refractivity contribution in [3.63, 3.8) is 0 Å². The van der Waals surface area contributed by atoms with Crippen molar-refractivity contribution >= 4 is 23.4 Å². The van der Waals surface area contributed by atoms with Gasteiger partial charge in [0.2, 0.25) is 5.91 Å². The average Bonchev–Trinajstić information content (AvgIpc) is 2.88. The highest BCUT2D eigenvalue weighted by molar-refractivity contribution is 6.02. The van der Waals surface area contributed by atoms with Gasteiger partial charge in [0.05, 0.1) is 7.11 Å². The predicted octanol–water partition coefficient (Wildman–Crippen LogP) is 4.38. The van der Waals surface area contributed by atoms with E-state index in [1.165, 1.54) is 13.2 Å². The number of benzene rings is 3. The zero-order valence-electron chi connectivity index (χ0n) is 20.1. The first-order valence-electron chi connectivity index (χ1n) is 11.6. The van der Waals surface area contributed by atoms with Crippen molar-refractivity contribution in [1.82, 2.24) is 4.90 Å². The molecule has 0 atom stereocenters. The third-order valence-corrected chi connectivity index (χ3v) is 5.98.